The van der Waals surface area contributed by atoms with Crippen molar-refractivity contribution >= 4 is 12.4 Å². The summed E-state index contributed by atoms with van der Waals surface area (Å²) in [6.45, 7) is 6.98. The molecule has 0 radical (unpaired) electrons. The van der Waals surface area contributed by atoms with Gasteiger partial charge >= 0.3 is 0 Å². The first-order valence-corrected chi connectivity index (χ1v) is 4.93. The second-order valence-electron chi connectivity index (χ2n) is 4.90. The number of hydrogen-bond donors (Lipinski definition) is 2. The zero-order chi connectivity index (χ0) is 10.8. The van der Waals surface area contributed by atoms with Crippen molar-refractivity contribution in [2.24, 2.45) is 11.1 Å². The van der Waals surface area contributed by atoms with Gasteiger partial charge in [-0.15, -0.1) is 12.4 Å². The summed E-state index contributed by atoms with van der Waals surface area (Å²) in [7, 11) is 0. The summed E-state index contributed by atoms with van der Waals surface area (Å²) in [4.78, 5) is 0. The van der Waals surface area contributed by atoms with Gasteiger partial charge in [0, 0.05) is 12.1 Å². The highest BCUT2D eigenvalue weighted by Gasteiger charge is 2.12. The Morgan fingerprint density at radius 3 is 2.33 bits per heavy atom. The maximum Gasteiger partial charge on any atom is 0.120 e. The average Bonchev–Trinajstić information content (AvgIpc) is 2.06. The summed E-state index contributed by atoms with van der Waals surface area (Å²) in [5.41, 5.74) is 7.85. The van der Waals surface area contributed by atoms with Gasteiger partial charge in [-0.3, -0.25) is 0 Å². The zero-order valence-electron chi connectivity index (χ0n) is 9.58. The van der Waals surface area contributed by atoms with E-state index in [1.165, 1.54) is 5.56 Å². The molecule has 0 spiro atoms. The topological polar surface area (TPSA) is 46.2 Å². The number of hydrogen-bond acceptors (Lipinski definition) is 2. The first-order valence-electron chi connectivity index (χ1n) is 4.93. The number of nitrogens with two attached hydrogens (primary N) is 1. The lowest BCUT2D eigenvalue weighted by molar-refractivity contribution is 0.410. The van der Waals surface area contributed by atoms with Crippen LogP contribution in [-0.4, -0.2) is 5.11 Å². The van der Waals surface area contributed by atoms with Crippen LogP contribution in [0.15, 0.2) is 18.2 Å². The maximum absolute atomic E-state index is 9.45. The number of halogens is 1. The van der Waals surface area contributed by atoms with Gasteiger partial charge in [0.15, 0.2) is 0 Å². The van der Waals surface area contributed by atoms with E-state index in [0.717, 1.165) is 12.0 Å². The van der Waals surface area contributed by atoms with Gasteiger partial charge in [0.2, 0.25) is 0 Å². The zero-order valence-corrected chi connectivity index (χ0v) is 10.4. The third kappa shape index (κ3) is 4.54. The molecule has 0 saturated heterocycles. The lowest BCUT2D eigenvalue weighted by Crippen LogP contribution is -2.09. The number of benzene rings is 1. The van der Waals surface area contributed by atoms with Gasteiger partial charge in [-0.05, 0) is 23.5 Å². The van der Waals surface area contributed by atoms with Crippen molar-refractivity contribution in [1.29, 1.82) is 0 Å². The van der Waals surface area contributed by atoms with Crippen LogP contribution in [0.4, 0.5) is 0 Å². The van der Waals surface area contributed by atoms with Crippen LogP contribution >= 0.6 is 12.4 Å². The summed E-state index contributed by atoms with van der Waals surface area (Å²) >= 11 is 0. The average molecular weight is 230 g/mol. The van der Waals surface area contributed by atoms with Crippen molar-refractivity contribution in [2.45, 2.75) is 33.7 Å². The molecular formula is C12H20ClNO. The first kappa shape index (κ1) is 14.3. The van der Waals surface area contributed by atoms with Gasteiger partial charge in [0.05, 0.1) is 0 Å². The molecule has 15 heavy (non-hydrogen) atoms. The Morgan fingerprint density at radius 1 is 1.27 bits per heavy atom. The SMILES string of the molecule is CC(C)(C)Cc1ccc(O)c(CN)c1.Cl. The fraction of sp³-hybridized carbons (Fsp3) is 0.500. The molecule has 0 atom stereocenters. The largest absolute Gasteiger partial charge is 0.508 e. The Labute approximate surface area is 97.9 Å². The number of phenols is 1. The molecule has 3 heteroatoms. The maximum atomic E-state index is 9.45. The van der Waals surface area contributed by atoms with Crippen molar-refractivity contribution < 1.29 is 5.11 Å². The summed E-state index contributed by atoms with van der Waals surface area (Å²) in [6.07, 6.45) is 1.00. The molecule has 0 amide bonds. The minimum atomic E-state index is 0. The lowest BCUT2D eigenvalue weighted by atomic mass is 9.87. The van der Waals surface area contributed by atoms with Crippen molar-refractivity contribution in [2.75, 3.05) is 0 Å². The summed E-state index contributed by atoms with van der Waals surface area (Å²) in [6, 6.07) is 5.67. The third-order valence-electron chi connectivity index (χ3n) is 2.10. The monoisotopic (exact) mass is 229 g/mol. The quantitative estimate of drug-likeness (QED) is 0.819. The Bertz CT molecular complexity index is 318. The highest BCUT2D eigenvalue weighted by atomic mass is 35.5. The minimum Gasteiger partial charge on any atom is -0.508 e. The van der Waals surface area contributed by atoms with Crippen LogP contribution in [0.2, 0.25) is 0 Å². The molecule has 1 aromatic carbocycles. The molecule has 1 rings (SSSR count). The molecule has 3 N–H and O–H groups in total. The van der Waals surface area contributed by atoms with E-state index in [9.17, 15) is 5.11 Å². The van der Waals surface area contributed by atoms with Gasteiger partial charge in [-0.1, -0.05) is 32.9 Å². The third-order valence-corrected chi connectivity index (χ3v) is 2.10. The molecule has 0 bridgehead atoms. The van der Waals surface area contributed by atoms with E-state index in [-0.39, 0.29) is 17.8 Å². The van der Waals surface area contributed by atoms with E-state index >= 15 is 0 Å². The van der Waals surface area contributed by atoms with E-state index in [1.54, 1.807) is 6.07 Å². The second kappa shape index (κ2) is 5.38. The van der Waals surface area contributed by atoms with Crippen LogP contribution in [0.1, 0.15) is 31.9 Å². The Hall–Kier alpha value is -0.730. The van der Waals surface area contributed by atoms with E-state index in [1.807, 2.05) is 12.1 Å². The van der Waals surface area contributed by atoms with E-state index in [0.29, 0.717) is 12.3 Å². The van der Waals surface area contributed by atoms with E-state index in [4.69, 9.17) is 5.73 Å². The van der Waals surface area contributed by atoms with Gasteiger partial charge in [0.1, 0.15) is 5.75 Å². The second-order valence-corrected chi connectivity index (χ2v) is 4.90. The molecule has 0 saturated carbocycles. The number of rotatable bonds is 2. The van der Waals surface area contributed by atoms with Crippen molar-refractivity contribution in [3.63, 3.8) is 0 Å². The van der Waals surface area contributed by atoms with Crippen molar-refractivity contribution in [3.8, 4) is 5.75 Å². The van der Waals surface area contributed by atoms with Crippen LogP contribution in [0.5, 0.6) is 5.75 Å². The van der Waals surface area contributed by atoms with Crippen LogP contribution in [-0.2, 0) is 13.0 Å². The van der Waals surface area contributed by atoms with Crippen LogP contribution < -0.4 is 5.73 Å². The van der Waals surface area contributed by atoms with Gasteiger partial charge < -0.3 is 10.8 Å². The summed E-state index contributed by atoms with van der Waals surface area (Å²) < 4.78 is 0. The molecule has 0 aromatic heterocycles. The molecular weight excluding hydrogens is 210 g/mol. The molecule has 0 aliphatic rings. The highest BCUT2D eigenvalue weighted by Crippen LogP contribution is 2.24. The summed E-state index contributed by atoms with van der Waals surface area (Å²) in [5, 5.41) is 9.45. The lowest BCUT2D eigenvalue weighted by Gasteiger charge is -2.18. The fourth-order valence-corrected chi connectivity index (χ4v) is 1.52. The Kier molecular flexibility index (Phi) is 5.12. The molecule has 0 aliphatic carbocycles. The Balaban J connectivity index is 0.00000196. The number of aromatic hydroxyl groups is 1. The van der Waals surface area contributed by atoms with E-state index in [2.05, 4.69) is 20.8 Å². The molecule has 86 valence electrons. The first-order chi connectivity index (χ1) is 6.42. The van der Waals surface area contributed by atoms with Crippen LogP contribution in [0.3, 0.4) is 0 Å². The van der Waals surface area contributed by atoms with Crippen molar-refractivity contribution in [3.05, 3.63) is 29.3 Å². The molecule has 0 fully saturated rings. The van der Waals surface area contributed by atoms with Crippen LogP contribution in [0, 0.1) is 5.41 Å². The smallest absolute Gasteiger partial charge is 0.120 e. The van der Waals surface area contributed by atoms with Crippen molar-refractivity contribution in [1.82, 2.24) is 0 Å². The predicted molar refractivity (Wildman–Crippen MR) is 66.4 cm³/mol. The molecule has 1 aromatic rings. The van der Waals surface area contributed by atoms with E-state index < -0.39 is 0 Å². The molecule has 0 unspecified atom stereocenters. The van der Waals surface area contributed by atoms with Gasteiger partial charge in [-0.25, -0.2) is 0 Å². The normalized spacial score (nSPS) is 10.9. The van der Waals surface area contributed by atoms with Gasteiger partial charge in [0.25, 0.3) is 0 Å². The van der Waals surface area contributed by atoms with Gasteiger partial charge in [-0.2, -0.15) is 0 Å². The predicted octanol–water partition coefficient (Wildman–Crippen LogP) is 2.86. The Morgan fingerprint density at radius 2 is 1.87 bits per heavy atom. The molecule has 0 heterocycles. The minimum absolute atomic E-state index is 0. The standard InChI is InChI=1S/C12H19NO.ClH/c1-12(2,3)7-9-4-5-11(14)10(6-9)8-13;/h4-6,14H,7-8,13H2,1-3H3;1H. The van der Waals surface area contributed by atoms with Crippen LogP contribution in [0.25, 0.3) is 0 Å². The summed E-state index contributed by atoms with van der Waals surface area (Å²) in [5.74, 6) is 0.296. The highest BCUT2D eigenvalue weighted by molar-refractivity contribution is 5.85. The molecule has 2 nitrogen and oxygen atoms in total. The number of phenolic OH excluding ortho intramolecular Hbond substituents is 1. The fourth-order valence-electron chi connectivity index (χ4n) is 1.52. The molecule has 0 aliphatic heterocycles.